The van der Waals surface area contributed by atoms with Gasteiger partial charge in [0.15, 0.2) is 11.5 Å². The molecule has 0 bridgehead atoms. The summed E-state index contributed by atoms with van der Waals surface area (Å²) in [6.45, 7) is 7.35. The van der Waals surface area contributed by atoms with Crippen molar-refractivity contribution in [3.05, 3.63) is 64.7 Å². The van der Waals surface area contributed by atoms with Gasteiger partial charge < -0.3 is 10.2 Å². The van der Waals surface area contributed by atoms with E-state index in [0.717, 1.165) is 22.6 Å². The fourth-order valence-electron chi connectivity index (χ4n) is 4.15. The summed E-state index contributed by atoms with van der Waals surface area (Å²) in [7, 11) is -4.59. The minimum absolute atomic E-state index is 0. The monoisotopic (exact) mass is 513 g/mol. The molecule has 4 aromatic carbocycles. The van der Waals surface area contributed by atoms with Gasteiger partial charge in [0.1, 0.15) is 16.3 Å². The fourth-order valence-corrected chi connectivity index (χ4v) is 4.86. The summed E-state index contributed by atoms with van der Waals surface area (Å²) in [5.74, 6) is -0.313. The Bertz CT molecular complexity index is 1560. The standard InChI is InChI=1S/C24H22N2O5S.Cu/c1-12-8-14(3)20-16(9-12)10-15(4)22(24(20)28)26-25-18-11-19(32(29,30)31)17-7-5-6-13(2)21(17)23(18)27;/h5-11,27-28H,1-4H3,(H,29,30,31);. The van der Waals surface area contributed by atoms with E-state index in [9.17, 15) is 23.2 Å². The van der Waals surface area contributed by atoms with Gasteiger partial charge in [-0.3, -0.25) is 4.55 Å². The van der Waals surface area contributed by atoms with Crippen molar-refractivity contribution in [3.63, 3.8) is 0 Å². The molecule has 4 rings (SSSR count). The molecule has 0 spiro atoms. The SMILES string of the molecule is Cc1cc(C)c2c(O)c(N=Nc3cc(S(=O)(=O)O)c4cccc(C)c4c3O)c(C)cc2c1.[Cu]. The van der Waals surface area contributed by atoms with Gasteiger partial charge in [-0.25, -0.2) is 0 Å². The van der Waals surface area contributed by atoms with Gasteiger partial charge in [-0.1, -0.05) is 35.9 Å². The van der Waals surface area contributed by atoms with Crippen LogP contribution in [0.15, 0.2) is 57.6 Å². The van der Waals surface area contributed by atoms with Crippen molar-refractivity contribution in [1.29, 1.82) is 0 Å². The molecule has 175 valence electrons. The second-order valence-electron chi connectivity index (χ2n) is 7.99. The summed E-state index contributed by atoms with van der Waals surface area (Å²) < 4.78 is 33.7. The molecule has 3 N–H and O–H groups in total. The van der Waals surface area contributed by atoms with Crippen molar-refractivity contribution in [1.82, 2.24) is 0 Å². The number of phenolic OH excluding ortho intramolecular Hbond substituents is 2. The molecular formula is C24H22CuN2O5S. The van der Waals surface area contributed by atoms with Gasteiger partial charge in [-0.2, -0.15) is 8.42 Å². The van der Waals surface area contributed by atoms with Crippen molar-refractivity contribution >= 4 is 43.0 Å². The van der Waals surface area contributed by atoms with Crippen LogP contribution in [0.5, 0.6) is 11.5 Å². The molecule has 0 unspecified atom stereocenters. The van der Waals surface area contributed by atoms with Crippen LogP contribution < -0.4 is 0 Å². The quantitative estimate of drug-likeness (QED) is 0.169. The molecule has 0 fully saturated rings. The third-order valence-corrected chi connectivity index (χ3v) is 6.43. The molecule has 0 aliphatic rings. The van der Waals surface area contributed by atoms with Crippen LogP contribution in [0.4, 0.5) is 11.4 Å². The van der Waals surface area contributed by atoms with E-state index in [1.165, 1.54) is 6.07 Å². The van der Waals surface area contributed by atoms with Gasteiger partial charge in [0.2, 0.25) is 0 Å². The van der Waals surface area contributed by atoms with E-state index in [1.54, 1.807) is 26.0 Å². The zero-order valence-corrected chi connectivity index (χ0v) is 20.1. The van der Waals surface area contributed by atoms with Crippen LogP contribution in [0.2, 0.25) is 0 Å². The van der Waals surface area contributed by atoms with E-state index < -0.39 is 10.1 Å². The zero-order valence-electron chi connectivity index (χ0n) is 18.3. The molecule has 0 amide bonds. The topological polar surface area (TPSA) is 120 Å². The molecule has 0 heterocycles. The number of hydrogen-bond donors (Lipinski definition) is 3. The largest absolute Gasteiger partial charge is 0.505 e. The molecule has 0 aromatic heterocycles. The first kappa shape index (κ1) is 24.7. The first-order valence-electron chi connectivity index (χ1n) is 9.87. The molecule has 4 aromatic rings. The van der Waals surface area contributed by atoms with Crippen LogP contribution in [-0.2, 0) is 27.2 Å². The number of rotatable bonds is 3. The average Bonchev–Trinajstić information content (AvgIpc) is 2.67. The van der Waals surface area contributed by atoms with E-state index in [4.69, 9.17) is 0 Å². The summed E-state index contributed by atoms with van der Waals surface area (Å²) >= 11 is 0. The summed E-state index contributed by atoms with van der Waals surface area (Å²) in [4.78, 5) is -0.381. The number of benzene rings is 4. The molecule has 0 saturated heterocycles. The Balaban J connectivity index is 0.00000306. The number of hydrogen-bond acceptors (Lipinski definition) is 6. The Morgan fingerprint density at radius 1 is 0.788 bits per heavy atom. The van der Waals surface area contributed by atoms with E-state index in [-0.39, 0.29) is 55.6 Å². The summed E-state index contributed by atoms with van der Waals surface area (Å²) in [5, 5.41) is 31.8. The van der Waals surface area contributed by atoms with Crippen molar-refractivity contribution in [2.45, 2.75) is 32.6 Å². The van der Waals surface area contributed by atoms with Gasteiger partial charge in [0.25, 0.3) is 10.1 Å². The van der Waals surface area contributed by atoms with Crippen LogP contribution in [0.25, 0.3) is 21.5 Å². The van der Waals surface area contributed by atoms with Gasteiger partial charge in [-0.05, 0) is 61.9 Å². The van der Waals surface area contributed by atoms with E-state index >= 15 is 0 Å². The number of aromatic hydroxyl groups is 2. The molecule has 0 saturated carbocycles. The maximum absolute atomic E-state index is 12.0. The maximum atomic E-state index is 12.0. The first-order valence-corrected chi connectivity index (χ1v) is 11.3. The number of azo groups is 1. The molecule has 33 heavy (non-hydrogen) atoms. The predicted molar refractivity (Wildman–Crippen MR) is 124 cm³/mol. The molecule has 7 nitrogen and oxygen atoms in total. The normalized spacial score (nSPS) is 11.9. The van der Waals surface area contributed by atoms with Crippen molar-refractivity contribution in [2.24, 2.45) is 10.2 Å². The predicted octanol–water partition coefficient (Wildman–Crippen LogP) is 6.30. The molecule has 0 atom stereocenters. The van der Waals surface area contributed by atoms with E-state index in [1.807, 2.05) is 32.0 Å². The van der Waals surface area contributed by atoms with Crippen LogP contribution >= 0.6 is 0 Å². The second-order valence-corrected chi connectivity index (χ2v) is 9.38. The molecular weight excluding hydrogens is 492 g/mol. The number of fused-ring (bicyclic) bond motifs is 2. The summed E-state index contributed by atoms with van der Waals surface area (Å²) in [5.41, 5.74) is 3.29. The average molecular weight is 514 g/mol. The Kier molecular flexibility index (Phi) is 6.55. The van der Waals surface area contributed by atoms with Gasteiger partial charge in [-0.15, -0.1) is 10.2 Å². The number of nitrogens with zero attached hydrogens (tertiary/aromatic N) is 2. The van der Waals surface area contributed by atoms with Crippen LogP contribution in [-0.4, -0.2) is 23.2 Å². The second kappa shape index (κ2) is 8.76. The van der Waals surface area contributed by atoms with Crippen molar-refractivity contribution in [2.75, 3.05) is 0 Å². The van der Waals surface area contributed by atoms with Crippen LogP contribution in [0, 0.1) is 27.7 Å². The third kappa shape index (κ3) is 4.32. The van der Waals surface area contributed by atoms with Crippen molar-refractivity contribution < 1.29 is 40.3 Å². The Hall–Kier alpha value is -2.97. The fraction of sp³-hybridized carbons (Fsp3) is 0.167. The van der Waals surface area contributed by atoms with Gasteiger partial charge in [0, 0.05) is 33.2 Å². The Morgan fingerprint density at radius 3 is 2.15 bits per heavy atom. The van der Waals surface area contributed by atoms with Crippen LogP contribution in [0.3, 0.4) is 0 Å². The van der Waals surface area contributed by atoms with Crippen LogP contribution in [0.1, 0.15) is 22.3 Å². The minimum atomic E-state index is -4.59. The molecule has 1 radical (unpaired) electrons. The van der Waals surface area contributed by atoms with Crippen molar-refractivity contribution in [3.8, 4) is 11.5 Å². The molecule has 0 aliphatic carbocycles. The Morgan fingerprint density at radius 2 is 1.48 bits per heavy atom. The molecule has 0 aliphatic heterocycles. The smallest absolute Gasteiger partial charge is 0.295 e. The summed E-state index contributed by atoms with van der Waals surface area (Å²) in [6.07, 6.45) is 0. The number of aryl methyl sites for hydroxylation is 4. The number of phenols is 2. The first-order chi connectivity index (χ1) is 15.0. The summed E-state index contributed by atoms with van der Waals surface area (Å²) in [6, 6.07) is 11.7. The molecule has 9 heteroatoms. The minimum Gasteiger partial charge on any atom is -0.505 e. The maximum Gasteiger partial charge on any atom is 0.295 e. The van der Waals surface area contributed by atoms with Gasteiger partial charge in [0.05, 0.1) is 0 Å². The Labute approximate surface area is 202 Å². The zero-order chi connectivity index (χ0) is 23.4. The van der Waals surface area contributed by atoms with Gasteiger partial charge >= 0.3 is 0 Å². The van der Waals surface area contributed by atoms with E-state index in [0.29, 0.717) is 16.5 Å². The third-order valence-electron chi connectivity index (χ3n) is 5.54. The van der Waals surface area contributed by atoms with E-state index in [2.05, 4.69) is 10.2 Å².